The highest BCUT2D eigenvalue weighted by molar-refractivity contribution is 6.22. The Kier molecular flexibility index (Phi) is 6.13. The molecule has 0 atom stereocenters. The summed E-state index contributed by atoms with van der Waals surface area (Å²) in [4.78, 5) is 27.5. The minimum Gasteiger partial charge on any atom is -0.494 e. The van der Waals surface area contributed by atoms with E-state index in [1.54, 1.807) is 31.3 Å². The molecule has 0 fully saturated rings. The van der Waals surface area contributed by atoms with Crippen LogP contribution in [0.5, 0.6) is 5.88 Å². The van der Waals surface area contributed by atoms with Crippen LogP contribution in [0.3, 0.4) is 0 Å². The summed E-state index contributed by atoms with van der Waals surface area (Å²) in [6.07, 6.45) is 4.25. The van der Waals surface area contributed by atoms with Gasteiger partial charge in [0.05, 0.1) is 29.1 Å². The average Bonchev–Trinajstić information content (AvgIpc) is 3.50. The lowest BCUT2D eigenvalue weighted by Crippen LogP contribution is -2.05. The van der Waals surface area contributed by atoms with Gasteiger partial charge < -0.3 is 19.8 Å². The van der Waals surface area contributed by atoms with Crippen molar-refractivity contribution < 1.29 is 14.6 Å². The molecule has 0 aliphatic heterocycles. The van der Waals surface area contributed by atoms with Crippen molar-refractivity contribution >= 4 is 28.3 Å². The minimum absolute atomic E-state index is 0.0157. The number of nitrogens with one attached hydrogen (secondary N) is 2. The highest BCUT2D eigenvalue weighted by Gasteiger charge is 2.20. The quantitative estimate of drug-likeness (QED) is 0.217. The van der Waals surface area contributed by atoms with Crippen LogP contribution < -0.4 is 0 Å². The molecule has 0 unspecified atom stereocenters. The van der Waals surface area contributed by atoms with E-state index in [1.165, 1.54) is 0 Å². The molecule has 0 aliphatic rings. The van der Waals surface area contributed by atoms with Crippen LogP contribution in [0.25, 0.3) is 10.9 Å². The van der Waals surface area contributed by atoms with Crippen LogP contribution in [0.4, 0.5) is 5.69 Å². The second-order valence-corrected chi connectivity index (χ2v) is 8.03. The molecular weight excluding hydrogens is 440 g/mol. The third kappa shape index (κ3) is 4.70. The van der Waals surface area contributed by atoms with Gasteiger partial charge in [0, 0.05) is 35.3 Å². The number of fused-ring (bicyclic) bond motifs is 1. The molecule has 2 heterocycles. The van der Waals surface area contributed by atoms with Crippen LogP contribution >= 0.6 is 0 Å². The molecule has 0 saturated heterocycles. The topological polar surface area (TPSA) is 103 Å². The Hall–Kier alpha value is -4.65. The maximum Gasteiger partial charge on any atom is 0.338 e. The maximum absolute atomic E-state index is 12.2. The first-order valence-electron chi connectivity index (χ1n) is 11.4. The van der Waals surface area contributed by atoms with E-state index in [9.17, 15) is 9.90 Å². The standard InChI is InChI=1S/C28H24N4O3/c1-2-35-28(34)20-10-13-22-23(17-20)32-27(33)25(22)26(19-6-4-3-5-7-19)31-21-11-8-18(9-12-21)16-24-29-14-15-30-24/h3-15,17,32-33H,2,16H2,1H3,(H,29,30). The van der Waals surface area contributed by atoms with Crippen LogP contribution in [-0.4, -0.2) is 38.3 Å². The Morgan fingerprint density at radius 1 is 1.03 bits per heavy atom. The number of hydrogen-bond donors (Lipinski definition) is 3. The molecule has 3 aromatic carbocycles. The predicted octanol–water partition coefficient (Wildman–Crippen LogP) is 5.53. The zero-order valence-corrected chi connectivity index (χ0v) is 19.2. The lowest BCUT2D eigenvalue weighted by Gasteiger charge is -2.08. The number of hydrogen-bond acceptors (Lipinski definition) is 5. The maximum atomic E-state index is 12.2. The number of imidazole rings is 1. The smallest absolute Gasteiger partial charge is 0.338 e. The second-order valence-electron chi connectivity index (χ2n) is 8.03. The first-order valence-corrected chi connectivity index (χ1v) is 11.4. The molecule has 2 aromatic heterocycles. The molecule has 0 amide bonds. The Balaban J connectivity index is 1.57. The predicted molar refractivity (Wildman–Crippen MR) is 135 cm³/mol. The number of aromatic nitrogens is 3. The van der Waals surface area contributed by atoms with Crippen molar-refractivity contribution in [2.75, 3.05) is 6.61 Å². The lowest BCUT2D eigenvalue weighted by molar-refractivity contribution is 0.0526. The van der Waals surface area contributed by atoms with Gasteiger partial charge in [-0.3, -0.25) is 0 Å². The molecule has 0 bridgehead atoms. The van der Waals surface area contributed by atoms with Crippen molar-refractivity contribution in [1.82, 2.24) is 15.0 Å². The molecule has 0 radical (unpaired) electrons. The monoisotopic (exact) mass is 464 g/mol. The summed E-state index contributed by atoms with van der Waals surface area (Å²) in [5.74, 6) is 0.479. The fraction of sp³-hybridized carbons (Fsp3) is 0.107. The summed E-state index contributed by atoms with van der Waals surface area (Å²) < 4.78 is 5.11. The zero-order chi connectivity index (χ0) is 24.2. The van der Waals surface area contributed by atoms with Gasteiger partial charge in [0.1, 0.15) is 5.82 Å². The fourth-order valence-corrected chi connectivity index (χ4v) is 4.03. The van der Waals surface area contributed by atoms with Crippen molar-refractivity contribution in [3.63, 3.8) is 0 Å². The molecular formula is C28H24N4O3. The van der Waals surface area contributed by atoms with E-state index in [-0.39, 0.29) is 5.88 Å². The number of aromatic amines is 2. The third-order valence-electron chi connectivity index (χ3n) is 5.68. The number of rotatable bonds is 7. The molecule has 0 aliphatic carbocycles. The van der Waals surface area contributed by atoms with Crippen LogP contribution in [-0.2, 0) is 11.2 Å². The Bertz CT molecular complexity index is 1490. The SMILES string of the molecule is CCOC(=O)c1ccc2c(C(=Nc3ccc(Cc4ncc[nH]4)cc3)c3ccccc3)c(O)[nH]c2c1. The highest BCUT2D eigenvalue weighted by atomic mass is 16.5. The molecule has 5 aromatic rings. The molecule has 0 spiro atoms. The Labute approximate surface area is 202 Å². The fourth-order valence-electron chi connectivity index (χ4n) is 4.03. The van der Waals surface area contributed by atoms with Gasteiger partial charge in [-0.05, 0) is 36.8 Å². The molecule has 7 heteroatoms. The number of carbonyl (C=O) groups excluding carboxylic acids is 1. The van der Waals surface area contributed by atoms with Gasteiger partial charge >= 0.3 is 5.97 Å². The van der Waals surface area contributed by atoms with Gasteiger partial charge in [-0.25, -0.2) is 14.8 Å². The van der Waals surface area contributed by atoms with E-state index in [0.717, 1.165) is 28.0 Å². The number of carbonyl (C=O) groups is 1. The molecule has 7 nitrogen and oxygen atoms in total. The summed E-state index contributed by atoms with van der Waals surface area (Å²) in [5.41, 5.74) is 4.96. The van der Waals surface area contributed by atoms with Gasteiger partial charge in [0.15, 0.2) is 5.88 Å². The summed E-state index contributed by atoms with van der Waals surface area (Å²) in [6.45, 7) is 2.06. The van der Waals surface area contributed by atoms with Gasteiger partial charge in [0.25, 0.3) is 0 Å². The summed E-state index contributed by atoms with van der Waals surface area (Å²) in [5, 5.41) is 11.7. The van der Waals surface area contributed by atoms with Crippen molar-refractivity contribution in [2.45, 2.75) is 13.3 Å². The second kappa shape index (κ2) is 9.69. The van der Waals surface area contributed by atoms with Crippen molar-refractivity contribution in [2.24, 2.45) is 4.99 Å². The third-order valence-corrected chi connectivity index (χ3v) is 5.68. The first kappa shape index (κ1) is 22.2. The number of esters is 1. The average molecular weight is 465 g/mol. The number of aliphatic imine (C=N–C) groups is 1. The van der Waals surface area contributed by atoms with E-state index in [0.29, 0.717) is 35.4 Å². The van der Waals surface area contributed by atoms with Crippen LogP contribution in [0.1, 0.15) is 39.8 Å². The first-order chi connectivity index (χ1) is 17.1. The van der Waals surface area contributed by atoms with Gasteiger partial charge in [-0.15, -0.1) is 0 Å². The highest BCUT2D eigenvalue weighted by Crippen LogP contribution is 2.32. The lowest BCUT2D eigenvalue weighted by atomic mass is 10.00. The normalized spacial score (nSPS) is 11.6. The van der Waals surface area contributed by atoms with Gasteiger partial charge in [-0.2, -0.15) is 0 Å². The number of benzene rings is 3. The zero-order valence-electron chi connectivity index (χ0n) is 19.2. The molecule has 5 rings (SSSR count). The van der Waals surface area contributed by atoms with Crippen LogP contribution in [0, 0.1) is 0 Å². The van der Waals surface area contributed by atoms with E-state index in [2.05, 4.69) is 15.0 Å². The van der Waals surface area contributed by atoms with Crippen molar-refractivity contribution in [1.29, 1.82) is 0 Å². The summed E-state index contributed by atoms with van der Waals surface area (Å²) in [6, 6.07) is 22.8. The van der Waals surface area contributed by atoms with E-state index < -0.39 is 5.97 Å². The summed E-state index contributed by atoms with van der Waals surface area (Å²) >= 11 is 0. The largest absolute Gasteiger partial charge is 0.494 e. The van der Waals surface area contributed by atoms with Crippen molar-refractivity contribution in [3.05, 3.63) is 113 Å². The van der Waals surface area contributed by atoms with Gasteiger partial charge in [-0.1, -0.05) is 48.5 Å². The molecule has 0 saturated carbocycles. The molecule has 3 N–H and O–H groups in total. The van der Waals surface area contributed by atoms with Crippen LogP contribution in [0.2, 0.25) is 0 Å². The van der Waals surface area contributed by atoms with E-state index >= 15 is 0 Å². The number of H-pyrrole nitrogens is 2. The van der Waals surface area contributed by atoms with E-state index in [1.807, 2.05) is 60.8 Å². The Morgan fingerprint density at radius 3 is 2.54 bits per heavy atom. The summed E-state index contributed by atoms with van der Waals surface area (Å²) in [7, 11) is 0. The van der Waals surface area contributed by atoms with Crippen LogP contribution in [0.15, 0.2) is 90.2 Å². The molecule has 35 heavy (non-hydrogen) atoms. The molecule has 174 valence electrons. The van der Waals surface area contributed by atoms with E-state index in [4.69, 9.17) is 9.73 Å². The van der Waals surface area contributed by atoms with Gasteiger partial charge in [0.2, 0.25) is 0 Å². The number of nitrogens with zero attached hydrogens (tertiary/aromatic N) is 2. The number of ether oxygens (including phenoxy) is 1. The number of aromatic hydroxyl groups is 1. The van der Waals surface area contributed by atoms with Crippen molar-refractivity contribution in [3.8, 4) is 5.88 Å². The minimum atomic E-state index is -0.406. The Morgan fingerprint density at radius 2 is 1.83 bits per heavy atom.